The summed E-state index contributed by atoms with van der Waals surface area (Å²) in [6.45, 7) is 4.83. The highest BCUT2D eigenvalue weighted by molar-refractivity contribution is 7.89. The first-order chi connectivity index (χ1) is 9.86. The number of hydrogen-bond donors (Lipinski definition) is 2. The number of nitrogens with one attached hydrogen (secondary N) is 1. The molecule has 0 aliphatic rings. The minimum absolute atomic E-state index is 0.0176. The van der Waals surface area contributed by atoms with Gasteiger partial charge in [-0.25, -0.2) is 13.1 Å². The number of furan rings is 1. The van der Waals surface area contributed by atoms with Crippen LogP contribution < -0.4 is 4.72 Å². The van der Waals surface area contributed by atoms with E-state index < -0.39 is 10.0 Å². The van der Waals surface area contributed by atoms with E-state index >= 15 is 0 Å². The zero-order valence-corrected chi connectivity index (χ0v) is 13.0. The number of rotatable bonds is 5. The average molecular weight is 310 g/mol. The topological polar surface area (TPSA) is 92.4 Å². The fourth-order valence-corrected chi connectivity index (χ4v) is 3.61. The van der Waals surface area contributed by atoms with Crippen LogP contribution in [0.4, 0.5) is 0 Å². The van der Waals surface area contributed by atoms with Gasteiger partial charge in [-0.1, -0.05) is 0 Å². The third-order valence-corrected chi connectivity index (χ3v) is 4.95. The number of hydrogen-bond acceptors (Lipinski definition) is 5. The van der Waals surface area contributed by atoms with Gasteiger partial charge in [0, 0.05) is 24.5 Å². The Kier molecular flexibility index (Phi) is 4.46. The van der Waals surface area contributed by atoms with Gasteiger partial charge in [0.2, 0.25) is 10.0 Å². The summed E-state index contributed by atoms with van der Waals surface area (Å²) < 4.78 is 32.7. The number of pyridine rings is 1. The van der Waals surface area contributed by atoms with Crippen molar-refractivity contribution in [2.75, 3.05) is 0 Å². The van der Waals surface area contributed by atoms with Crippen molar-refractivity contribution in [1.29, 1.82) is 0 Å². The molecule has 0 amide bonds. The van der Waals surface area contributed by atoms with Crippen LogP contribution in [0.1, 0.15) is 28.2 Å². The molecule has 0 aliphatic heterocycles. The number of aromatic nitrogens is 1. The summed E-state index contributed by atoms with van der Waals surface area (Å²) in [4.78, 5) is 4.00. The van der Waals surface area contributed by atoms with Crippen molar-refractivity contribution >= 4 is 10.0 Å². The SMILES string of the molecule is Cc1ccncc1CNS(=O)(=O)c1c(C)oc(C)c1CO. The first-order valence-electron chi connectivity index (χ1n) is 6.45. The van der Waals surface area contributed by atoms with Crippen LogP contribution >= 0.6 is 0 Å². The van der Waals surface area contributed by atoms with Crippen molar-refractivity contribution in [1.82, 2.24) is 9.71 Å². The van der Waals surface area contributed by atoms with Crippen LogP contribution in [-0.2, 0) is 23.2 Å². The predicted octanol–water partition coefficient (Wildman–Crippen LogP) is 1.57. The maximum absolute atomic E-state index is 12.4. The molecule has 0 bridgehead atoms. The number of aliphatic hydroxyl groups is 1. The summed E-state index contributed by atoms with van der Waals surface area (Å²) in [5.74, 6) is 0.680. The Balaban J connectivity index is 2.30. The van der Waals surface area contributed by atoms with Crippen molar-refractivity contribution in [3.05, 3.63) is 46.7 Å². The third kappa shape index (κ3) is 3.15. The first kappa shape index (κ1) is 15.7. The Bertz CT molecular complexity index is 750. The van der Waals surface area contributed by atoms with Crippen LogP contribution in [0.2, 0.25) is 0 Å². The molecule has 0 aliphatic carbocycles. The summed E-state index contributed by atoms with van der Waals surface area (Å²) >= 11 is 0. The molecule has 21 heavy (non-hydrogen) atoms. The summed E-state index contributed by atoms with van der Waals surface area (Å²) in [5, 5.41) is 9.34. The third-order valence-electron chi connectivity index (χ3n) is 3.35. The van der Waals surface area contributed by atoms with Gasteiger partial charge < -0.3 is 9.52 Å². The van der Waals surface area contributed by atoms with E-state index in [2.05, 4.69) is 9.71 Å². The van der Waals surface area contributed by atoms with Gasteiger partial charge in [-0.3, -0.25) is 4.98 Å². The van der Waals surface area contributed by atoms with E-state index in [1.54, 1.807) is 26.2 Å². The number of nitrogens with zero attached hydrogens (tertiary/aromatic N) is 1. The molecule has 0 fully saturated rings. The van der Waals surface area contributed by atoms with Crippen LogP contribution in [0.5, 0.6) is 0 Å². The lowest BCUT2D eigenvalue weighted by atomic mass is 10.2. The van der Waals surface area contributed by atoms with Gasteiger partial charge in [-0.05, 0) is 38.0 Å². The monoisotopic (exact) mass is 310 g/mol. The van der Waals surface area contributed by atoms with Crippen LogP contribution in [0.3, 0.4) is 0 Å². The Morgan fingerprint density at radius 2 is 2.00 bits per heavy atom. The van der Waals surface area contributed by atoms with E-state index in [0.29, 0.717) is 11.3 Å². The highest BCUT2D eigenvalue weighted by Crippen LogP contribution is 2.26. The van der Waals surface area contributed by atoms with Gasteiger partial charge in [0.25, 0.3) is 0 Å². The highest BCUT2D eigenvalue weighted by atomic mass is 32.2. The molecule has 0 atom stereocenters. The molecule has 6 nitrogen and oxygen atoms in total. The van der Waals surface area contributed by atoms with E-state index in [0.717, 1.165) is 11.1 Å². The van der Waals surface area contributed by atoms with Crippen LogP contribution in [0.25, 0.3) is 0 Å². The van der Waals surface area contributed by atoms with E-state index in [1.807, 2.05) is 13.0 Å². The van der Waals surface area contributed by atoms with Crippen molar-refractivity contribution in [2.45, 2.75) is 38.8 Å². The largest absolute Gasteiger partial charge is 0.465 e. The maximum atomic E-state index is 12.4. The normalized spacial score (nSPS) is 11.8. The molecule has 2 aromatic rings. The molecule has 0 aromatic carbocycles. The van der Waals surface area contributed by atoms with Crippen LogP contribution in [0, 0.1) is 20.8 Å². The fourth-order valence-electron chi connectivity index (χ4n) is 2.17. The van der Waals surface area contributed by atoms with Crippen molar-refractivity contribution in [2.24, 2.45) is 0 Å². The molecule has 0 spiro atoms. The van der Waals surface area contributed by atoms with E-state index in [9.17, 15) is 13.5 Å². The highest BCUT2D eigenvalue weighted by Gasteiger charge is 2.26. The minimum atomic E-state index is -3.76. The zero-order valence-electron chi connectivity index (χ0n) is 12.2. The lowest BCUT2D eigenvalue weighted by molar-refractivity contribution is 0.276. The van der Waals surface area contributed by atoms with E-state index in [-0.39, 0.29) is 23.8 Å². The molecule has 2 N–H and O–H groups in total. The Hall–Kier alpha value is -1.70. The van der Waals surface area contributed by atoms with Gasteiger partial charge in [0.15, 0.2) is 0 Å². The molecular formula is C14H18N2O4S. The summed E-state index contributed by atoms with van der Waals surface area (Å²) in [5.41, 5.74) is 2.04. The molecule has 0 saturated heterocycles. The smallest absolute Gasteiger partial charge is 0.244 e. The average Bonchev–Trinajstić information content (AvgIpc) is 2.72. The Morgan fingerprint density at radius 3 is 2.62 bits per heavy atom. The molecule has 0 unspecified atom stereocenters. The molecule has 2 aromatic heterocycles. The summed E-state index contributed by atoms with van der Waals surface area (Å²) in [6, 6.07) is 1.82. The molecule has 114 valence electrons. The number of aliphatic hydroxyl groups excluding tert-OH is 1. The second kappa shape index (κ2) is 5.97. The first-order valence-corrected chi connectivity index (χ1v) is 7.94. The maximum Gasteiger partial charge on any atom is 0.244 e. The van der Waals surface area contributed by atoms with Crippen LogP contribution in [-0.4, -0.2) is 18.5 Å². The molecular weight excluding hydrogens is 292 g/mol. The predicted molar refractivity (Wildman–Crippen MR) is 77.1 cm³/mol. The lowest BCUT2D eigenvalue weighted by Crippen LogP contribution is -2.25. The summed E-state index contributed by atoms with van der Waals surface area (Å²) in [7, 11) is -3.76. The summed E-state index contributed by atoms with van der Waals surface area (Å²) in [6.07, 6.45) is 3.28. The van der Waals surface area contributed by atoms with Crippen LogP contribution in [0.15, 0.2) is 27.8 Å². The Morgan fingerprint density at radius 1 is 1.29 bits per heavy atom. The fraction of sp³-hybridized carbons (Fsp3) is 0.357. The van der Waals surface area contributed by atoms with Crippen molar-refractivity contribution < 1.29 is 17.9 Å². The standard InChI is InChI=1S/C14H18N2O4S/c1-9-4-5-15-6-12(9)7-16-21(18,19)14-11(3)20-10(2)13(14)8-17/h4-6,16-17H,7-8H2,1-3H3. The van der Waals surface area contributed by atoms with Gasteiger partial charge in [0.05, 0.1) is 6.61 Å². The Labute approximate surface area is 123 Å². The second-order valence-corrected chi connectivity index (χ2v) is 6.51. The second-order valence-electron chi connectivity index (χ2n) is 4.81. The molecule has 0 saturated carbocycles. The van der Waals surface area contributed by atoms with Crippen molar-refractivity contribution in [3.63, 3.8) is 0 Å². The van der Waals surface area contributed by atoms with Gasteiger partial charge in [0.1, 0.15) is 16.4 Å². The van der Waals surface area contributed by atoms with Crippen molar-refractivity contribution in [3.8, 4) is 0 Å². The van der Waals surface area contributed by atoms with E-state index in [4.69, 9.17) is 4.42 Å². The van der Waals surface area contributed by atoms with Gasteiger partial charge >= 0.3 is 0 Å². The molecule has 2 heterocycles. The zero-order chi connectivity index (χ0) is 15.6. The van der Waals surface area contributed by atoms with E-state index in [1.165, 1.54) is 0 Å². The number of aryl methyl sites for hydroxylation is 3. The lowest BCUT2D eigenvalue weighted by Gasteiger charge is -2.09. The minimum Gasteiger partial charge on any atom is -0.465 e. The molecule has 7 heteroatoms. The molecule has 0 radical (unpaired) electrons. The number of sulfonamides is 1. The van der Waals surface area contributed by atoms with Gasteiger partial charge in [-0.2, -0.15) is 0 Å². The van der Waals surface area contributed by atoms with Gasteiger partial charge in [-0.15, -0.1) is 0 Å². The quantitative estimate of drug-likeness (QED) is 0.874. The molecule has 2 rings (SSSR count).